The molecule has 0 saturated carbocycles. The number of hydrogen-bond donors (Lipinski definition) is 1. The van der Waals surface area contributed by atoms with E-state index in [1.165, 1.54) is 0 Å². The maximum atomic E-state index is 11.3. The maximum Gasteiger partial charge on any atom is 0.218 e. The summed E-state index contributed by atoms with van der Waals surface area (Å²) in [6.07, 6.45) is 3.40. The molecule has 0 aromatic carbocycles. The minimum absolute atomic E-state index is 0.0869. The summed E-state index contributed by atoms with van der Waals surface area (Å²) in [5, 5.41) is 0. The van der Waals surface area contributed by atoms with Crippen molar-refractivity contribution >= 4 is 21.6 Å². The molecule has 0 aliphatic heterocycles. The Hall–Kier alpha value is -0.810. The van der Waals surface area contributed by atoms with Gasteiger partial charge in [-0.2, -0.15) is 0 Å². The minimum Gasteiger partial charge on any atom is -0.394 e. The van der Waals surface area contributed by atoms with E-state index < -0.39 is 0 Å². The van der Waals surface area contributed by atoms with Gasteiger partial charge in [-0.3, -0.25) is 4.79 Å². The molecule has 0 aliphatic carbocycles. The highest BCUT2D eigenvalue weighted by molar-refractivity contribution is 9.10. The van der Waals surface area contributed by atoms with Crippen LogP contribution in [0.4, 0.5) is 5.69 Å². The molecule has 1 rings (SSSR count). The van der Waals surface area contributed by atoms with Crippen molar-refractivity contribution in [3.05, 3.63) is 27.1 Å². The molecular weight excluding hydrogens is 248 g/mol. The minimum atomic E-state index is -0.175. The Balaban J connectivity index is 2.95. The van der Waals surface area contributed by atoms with E-state index in [1.807, 2.05) is 11.5 Å². The van der Waals surface area contributed by atoms with Gasteiger partial charge in [-0.1, -0.05) is 0 Å². The topological polar surface area (TPSA) is 57.2 Å². The van der Waals surface area contributed by atoms with Crippen molar-refractivity contribution in [1.82, 2.24) is 4.57 Å². The monoisotopic (exact) mass is 260 g/mol. The van der Waals surface area contributed by atoms with Crippen LogP contribution in [0.15, 0.2) is 21.7 Å². The van der Waals surface area contributed by atoms with Crippen molar-refractivity contribution in [3.63, 3.8) is 0 Å². The number of halogens is 1. The number of nitrogens with zero attached hydrogens (tertiary/aromatic N) is 1. The summed E-state index contributed by atoms with van der Waals surface area (Å²) in [6, 6.07) is 0. The van der Waals surface area contributed by atoms with Crippen LogP contribution < -0.4 is 11.2 Å². The Morgan fingerprint density at radius 2 is 2.29 bits per heavy atom. The Kier molecular flexibility index (Phi) is 3.71. The third kappa shape index (κ3) is 2.59. The molecule has 0 saturated heterocycles. The van der Waals surface area contributed by atoms with Gasteiger partial charge in [-0.25, -0.2) is 0 Å². The van der Waals surface area contributed by atoms with Crippen LogP contribution in [-0.4, -0.2) is 17.8 Å². The molecule has 4 nitrogen and oxygen atoms in total. The molecule has 0 bridgehead atoms. The highest BCUT2D eigenvalue weighted by Crippen LogP contribution is 2.07. The molecule has 14 heavy (non-hydrogen) atoms. The van der Waals surface area contributed by atoms with Crippen molar-refractivity contribution in [2.75, 3.05) is 12.8 Å². The number of hydrogen-bond acceptors (Lipinski definition) is 3. The number of anilines is 1. The standard InChI is InChI=1S/C9H13BrN2O2/c1-6(14-2)3-12-4-7(10)9(13)8(11)5-12/h4-6H,3,11H2,1-2H3. The fraction of sp³-hybridized carbons (Fsp3) is 0.444. The quantitative estimate of drug-likeness (QED) is 0.890. The zero-order valence-corrected chi connectivity index (χ0v) is 9.74. The lowest BCUT2D eigenvalue weighted by Crippen LogP contribution is -2.18. The second kappa shape index (κ2) is 4.61. The normalized spacial score (nSPS) is 12.8. The number of ether oxygens (including phenoxy) is 1. The number of nitrogen functional groups attached to an aromatic ring is 1. The molecule has 0 radical (unpaired) electrons. The van der Waals surface area contributed by atoms with Crippen LogP contribution in [0.3, 0.4) is 0 Å². The average molecular weight is 261 g/mol. The first-order chi connectivity index (χ1) is 6.54. The largest absolute Gasteiger partial charge is 0.394 e. The summed E-state index contributed by atoms with van der Waals surface area (Å²) >= 11 is 3.15. The first-order valence-electron chi connectivity index (χ1n) is 4.22. The van der Waals surface area contributed by atoms with E-state index in [-0.39, 0.29) is 17.2 Å². The number of aromatic nitrogens is 1. The van der Waals surface area contributed by atoms with Crippen LogP contribution in [0, 0.1) is 0 Å². The van der Waals surface area contributed by atoms with E-state index in [1.54, 1.807) is 19.5 Å². The molecule has 1 atom stereocenters. The maximum absolute atomic E-state index is 11.3. The van der Waals surface area contributed by atoms with Gasteiger partial charge < -0.3 is 15.0 Å². The zero-order valence-electron chi connectivity index (χ0n) is 8.16. The summed E-state index contributed by atoms with van der Waals surface area (Å²) in [5.74, 6) is 0. The number of methoxy groups -OCH3 is 1. The van der Waals surface area contributed by atoms with Gasteiger partial charge >= 0.3 is 0 Å². The third-order valence-corrected chi connectivity index (χ3v) is 2.50. The summed E-state index contributed by atoms with van der Waals surface area (Å²) in [7, 11) is 1.64. The van der Waals surface area contributed by atoms with Crippen LogP contribution in [0.2, 0.25) is 0 Å². The van der Waals surface area contributed by atoms with Crippen molar-refractivity contribution in [3.8, 4) is 0 Å². The van der Waals surface area contributed by atoms with Gasteiger partial charge in [0.1, 0.15) is 0 Å². The molecule has 2 N–H and O–H groups in total. The molecule has 0 amide bonds. The van der Waals surface area contributed by atoms with Crippen molar-refractivity contribution in [2.45, 2.75) is 19.6 Å². The first kappa shape index (κ1) is 11.3. The second-order valence-corrected chi connectivity index (χ2v) is 3.99. The lowest BCUT2D eigenvalue weighted by Gasteiger charge is -2.13. The van der Waals surface area contributed by atoms with Crippen LogP contribution in [-0.2, 0) is 11.3 Å². The lowest BCUT2D eigenvalue weighted by atomic mass is 10.3. The van der Waals surface area contributed by atoms with Gasteiger partial charge in [-0.05, 0) is 22.9 Å². The van der Waals surface area contributed by atoms with E-state index in [0.717, 1.165) is 0 Å². The smallest absolute Gasteiger partial charge is 0.218 e. The highest BCUT2D eigenvalue weighted by Gasteiger charge is 2.04. The summed E-state index contributed by atoms with van der Waals surface area (Å²) < 4.78 is 7.41. The van der Waals surface area contributed by atoms with E-state index in [4.69, 9.17) is 10.5 Å². The van der Waals surface area contributed by atoms with Gasteiger partial charge in [0.15, 0.2) is 0 Å². The van der Waals surface area contributed by atoms with Crippen LogP contribution >= 0.6 is 15.9 Å². The van der Waals surface area contributed by atoms with Crippen molar-refractivity contribution < 1.29 is 4.74 Å². The molecule has 1 aromatic heterocycles. The summed E-state index contributed by atoms with van der Waals surface area (Å²) in [4.78, 5) is 11.3. The van der Waals surface area contributed by atoms with E-state index in [9.17, 15) is 4.79 Å². The van der Waals surface area contributed by atoms with Gasteiger partial charge in [0, 0.05) is 26.0 Å². The molecular formula is C9H13BrN2O2. The Morgan fingerprint density at radius 1 is 1.64 bits per heavy atom. The van der Waals surface area contributed by atoms with E-state index in [2.05, 4.69) is 15.9 Å². The first-order valence-corrected chi connectivity index (χ1v) is 5.01. The molecule has 0 aliphatic rings. The molecule has 1 heterocycles. The second-order valence-electron chi connectivity index (χ2n) is 3.13. The average Bonchev–Trinajstić information content (AvgIpc) is 2.14. The third-order valence-electron chi connectivity index (χ3n) is 1.93. The molecule has 0 fully saturated rings. The fourth-order valence-electron chi connectivity index (χ4n) is 1.09. The Labute approximate surface area is 90.8 Å². The molecule has 78 valence electrons. The molecule has 1 unspecified atom stereocenters. The summed E-state index contributed by atoms with van der Waals surface area (Å²) in [6.45, 7) is 2.61. The summed E-state index contributed by atoms with van der Waals surface area (Å²) in [5.41, 5.74) is 5.60. The predicted octanol–water partition coefficient (Wildman–Crippen LogP) is 1.23. The van der Waals surface area contributed by atoms with Crippen LogP contribution in [0.1, 0.15) is 6.92 Å². The van der Waals surface area contributed by atoms with Crippen LogP contribution in [0.25, 0.3) is 0 Å². The highest BCUT2D eigenvalue weighted by atomic mass is 79.9. The van der Waals surface area contributed by atoms with Gasteiger partial charge in [0.25, 0.3) is 0 Å². The van der Waals surface area contributed by atoms with Gasteiger partial charge in [0.2, 0.25) is 5.43 Å². The van der Waals surface area contributed by atoms with Gasteiger partial charge in [-0.15, -0.1) is 0 Å². The van der Waals surface area contributed by atoms with Gasteiger partial charge in [0.05, 0.1) is 16.3 Å². The van der Waals surface area contributed by atoms with E-state index >= 15 is 0 Å². The lowest BCUT2D eigenvalue weighted by molar-refractivity contribution is 0.103. The molecule has 0 spiro atoms. The van der Waals surface area contributed by atoms with Crippen molar-refractivity contribution in [2.24, 2.45) is 0 Å². The molecule has 1 aromatic rings. The predicted molar refractivity (Wildman–Crippen MR) is 59.3 cm³/mol. The Morgan fingerprint density at radius 3 is 2.79 bits per heavy atom. The van der Waals surface area contributed by atoms with Crippen molar-refractivity contribution in [1.29, 1.82) is 0 Å². The zero-order chi connectivity index (χ0) is 10.7. The van der Waals surface area contributed by atoms with E-state index in [0.29, 0.717) is 11.0 Å². The Bertz CT molecular complexity index is 349. The number of nitrogens with two attached hydrogens (primary N) is 1. The van der Waals surface area contributed by atoms with Crippen LogP contribution in [0.5, 0.6) is 0 Å². The SMILES string of the molecule is COC(C)Cn1cc(N)c(=O)c(Br)c1. The molecule has 5 heteroatoms. The number of rotatable bonds is 3. The number of pyridine rings is 1. The fourth-order valence-corrected chi connectivity index (χ4v) is 1.59.